The van der Waals surface area contributed by atoms with E-state index in [1.54, 1.807) is 24.3 Å². The Morgan fingerprint density at radius 2 is 1.66 bits per heavy atom. The molecule has 1 aliphatic rings. The predicted octanol–water partition coefficient (Wildman–Crippen LogP) is 1.76. The zero-order chi connectivity index (χ0) is 25.4. The Bertz CT molecular complexity index is 1040. The van der Waals surface area contributed by atoms with E-state index in [0.29, 0.717) is 10.5 Å². The van der Waals surface area contributed by atoms with E-state index in [1.165, 1.54) is 14.0 Å². The summed E-state index contributed by atoms with van der Waals surface area (Å²) in [6.07, 6.45) is -1.79. The average molecular weight is 483 g/mol. The molecule has 4 N–H and O–H groups in total. The summed E-state index contributed by atoms with van der Waals surface area (Å²) in [5.74, 6) is -1.17. The molecule has 0 aliphatic carbocycles. The monoisotopic (exact) mass is 482 g/mol. The predicted molar refractivity (Wildman–Crippen MR) is 128 cm³/mol. The van der Waals surface area contributed by atoms with Crippen molar-refractivity contribution in [2.75, 3.05) is 7.11 Å². The highest BCUT2D eigenvalue weighted by molar-refractivity contribution is 6.02. The zero-order valence-electron chi connectivity index (χ0n) is 19.7. The number of ether oxygens (including phenoxy) is 2. The van der Waals surface area contributed by atoms with Crippen molar-refractivity contribution in [3.8, 4) is 0 Å². The first-order chi connectivity index (χ1) is 16.8. The molecule has 0 saturated heterocycles. The lowest BCUT2D eigenvalue weighted by Gasteiger charge is -2.33. The van der Waals surface area contributed by atoms with Crippen LogP contribution in [0.5, 0.6) is 0 Å². The van der Waals surface area contributed by atoms with Crippen LogP contribution < -0.4 is 11.5 Å². The second-order valence-corrected chi connectivity index (χ2v) is 8.22. The third-order valence-electron chi connectivity index (χ3n) is 5.52. The Kier molecular flexibility index (Phi) is 8.93. The molecule has 1 aliphatic heterocycles. The van der Waals surface area contributed by atoms with Crippen molar-refractivity contribution in [3.63, 3.8) is 0 Å². The summed E-state index contributed by atoms with van der Waals surface area (Å²) < 4.78 is 10.5. The molecule has 0 spiro atoms. The number of nitrogens with two attached hydrogens (primary N) is 2. The van der Waals surface area contributed by atoms with Gasteiger partial charge in [0.05, 0.1) is 25.6 Å². The summed E-state index contributed by atoms with van der Waals surface area (Å²) in [5.41, 5.74) is 13.6. The van der Waals surface area contributed by atoms with E-state index in [0.717, 1.165) is 5.56 Å². The minimum Gasteiger partial charge on any atom is -0.482 e. The van der Waals surface area contributed by atoms with Gasteiger partial charge in [-0.2, -0.15) is 0 Å². The quantitative estimate of drug-likeness (QED) is 0.550. The van der Waals surface area contributed by atoms with E-state index in [9.17, 15) is 14.4 Å². The van der Waals surface area contributed by atoms with Gasteiger partial charge in [-0.3, -0.25) is 9.59 Å². The minimum absolute atomic E-state index is 0.0552. The molecule has 186 valence electrons. The van der Waals surface area contributed by atoms with Crippen LogP contribution in [-0.4, -0.2) is 59.9 Å². The molecule has 2 unspecified atom stereocenters. The molecule has 4 atom stereocenters. The highest BCUT2D eigenvalue weighted by atomic mass is 16.7. The van der Waals surface area contributed by atoms with E-state index in [4.69, 9.17) is 25.8 Å². The highest BCUT2D eigenvalue weighted by Gasteiger charge is 2.47. The molecular formula is C25H30N4O6. The number of ketones is 1. The van der Waals surface area contributed by atoms with Gasteiger partial charge >= 0.3 is 6.09 Å². The normalized spacial score (nSPS) is 17.4. The Labute approximate surface area is 203 Å². The molecule has 2 aromatic carbocycles. The third kappa shape index (κ3) is 6.65. The summed E-state index contributed by atoms with van der Waals surface area (Å²) >= 11 is 0. The van der Waals surface area contributed by atoms with Crippen LogP contribution in [0.15, 0.2) is 65.8 Å². The lowest BCUT2D eigenvalue weighted by molar-refractivity contribution is -0.144. The Hall–Kier alpha value is -3.76. The van der Waals surface area contributed by atoms with Crippen molar-refractivity contribution >= 4 is 23.7 Å². The first-order valence-corrected chi connectivity index (χ1v) is 11.2. The molecule has 35 heavy (non-hydrogen) atoms. The molecule has 1 heterocycles. The first kappa shape index (κ1) is 25.9. The molecule has 0 aromatic heterocycles. The van der Waals surface area contributed by atoms with Gasteiger partial charge in [-0.05, 0) is 24.5 Å². The Morgan fingerprint density at radius 3 is 2.20 bits per heavy atom. The van der Waals surface area contributed by atoms with Crippen molar-refractivity contribution in [2.45, 2.75) is 50.6 Å². The average Bonchev–Trinajstić information content (AvgIpc) is 3.35. The highest BCUT2D eigenvalue weighted by Crippen LogP contribution is 2.23. The maximum absolute atomic E-state index is 13.6. The summed E-state index contributed by atoms with van der Waals surface area (Å²) in [7, 11) is 1.40. The number of hydrogen-bond acceptors (Lipinski definition) is 9. The molecule has 2 amide bonds. The SMILES string of the molecule is COC1=NOC(C(C(=O)[C@@H](N)Cc2ccccc2)N(C(=O)OCc2ccccc2)C(=O)[C@H](C)N)C1. The number of carbonyl (C=O) groups is 3. The molecular weight excluding hydrogens is 452 g/mol. The number of Topliss-reactive ketones (excluding diaryl/α,β-unsaturated/α-hetero) is 1. The van der Waals surface area contributed by atoms with Gasteiger partial charge in [0.2, 0.25) is 11.8 Å². The maximum Gasteiger partial charge on any atom is 0.417 e. The topological polar surface area (TPSA) is 147 Å². The van der Waals surface area contributed by atoms with Crippen molar-refractivity contribution in [3.05, 3.63) is 71.8 Å². The Morgan fingerprint density at radius 1 is 1.06 bits per heavy atom. The minimum atomic E-state index is -1.42. The fraction of sp³-hybridized carbons (Fsp3) is 0.360. The number of methoxy groups -OCH3 is 1. The van der Waals surface area contributed by atoms with Gasteiger partial charge in [0.1, 0.15) is 12.6 Å². The largest absolute Gasteiger partial charge is 0.482 e. The van der Waals surface area contributed by atoms with Gasteiger partial charge in [-0.15, -0.1) is 0 Å². The van der Waals surface area contributed by atoms with Gasteiger partial charge in [0.15, 0.2) is 11.9 Å². The summed E-state index contributed by atoms with van der Waals surface area (Å²) in [6.45, 7) is 1.31. The van der Waals surface area contributed by atoms with Gasteiger partial charge in [0, 0.05) is 0 Å². The summed E-state index contributed by atoms with van der Waals surface area (Å²) in [6, 6.07) is 14.6. The molecule has 0 radical (unpaired) electrons. The van der Waals surface area contributed by atoms with E-state index < -0.39 is 42.0 Å². The van der Waals surface area contributed by atoms with Crippen LogP contribution in [0.1, 0.15) is 24.5 Å². The fourth-order valence-corrected chi connectivity index (χ4v) is 3.68. The van der Waals surface area contributed by atoms with Crippen LogP contribution >= 0.6 is 0 Å². The molecule has 10 heteroatoms. The molecule has 3 rings (SSSR count). The number of oxime groups is 1. The summed E-state index contributed by atoms with van der Waals surface area (Å²) in [4.78, 5) is 46.1. The lowest BCUT2D eigenvalue weighted by Crippen LogP contribution is -2.61. The van der Waals surface area contributed by atoms with Gasteiger partial charge in [-0.1, -0.05) is 65.8 Å². The number of amides is 2. The number of hydrogen-bond donors (Lipinski definition) is 2. The van der Waals surface area contributed by atoms with Crippen molar-refractivity contribution in [1.29, 1.82) is 0 Å². The van der Waals surface area contributed by atoms with E-state index >= 15 is 0 Å². The lowest BCUT2D eigenvalue weighted by atomic mass is 9.93. The van der Waals surface area contributed by atoms with E-state index in [2.05, 4.69) is 5.16 Å². The number of benzene rings is 2. The molecule has 0 bridgehead atoms. The van der Waals surface area contributed by atoms with Crippen LogP contribution in [0, 0.1) is 0 Å². The van der Waals surface area contributed by atoms with Crippen LogP contribution in [0.25, 0.3) is 0 Å². The van der Waals surface area contributed by atoms with Crippen molar-refractivity contribution in [2.24, 2.45) is 16.6 Å². The molecule has 0 fully saturated rings. The smallest absolute Gasteiger partial charge is 0.417 e. The first-order valence-electron chi connectivity index (χ1n) is 11.2. The fourth-order valence-electron chi connectivity index (χ4n) is 3.68. The van der Waals surface area contributed by atoms with Gasteiger partial charge in [-0.25, -0.2) is 9.69 Å². The summed E-state index contributed by atoms with van der Waals surface area (Å²) in [5, 5.41) is 3.80. The van der Waals surface area contributed by atoms with Gasteiger partial charge in [0.25, 0.3) is 0 Å². The molecule has 2 aromatic rings. The van der Waals surface area contributed by atoms with Crippen LogP contribution in [-0.2, 0) is 36.9 Å². The number of nitrogens with zero attached hydrogens (tertiary/aromatic N) is 2. The maximum atomic E-state index is 13.6. The third-order valence-corrected chi connectivity index (χ3v) is 5.52. The molecule has 10 nitrogen and oxygen atoms in total. The number of carbonyl (C=O) groups excluding carboxylic acids is 3. The van der Waals surface area contributed by atoms with Crippen molar-refractivity contribution in [1.82, 2.24) is 4.90 Å². The standard InChI is InChI=1S/C25H30N4O6/c1-16(26)24(31)29(25(32)34-15-18-11-7-4-8-12-18)22(20-14-21(33-2)28-35-20)23(30)19(27)13-17-9-5-3-6-10-17/h3-12,16,19-20,22H,13-15,26-27H2,1-2H3/t16-,19-,20?,22?/m0/s1. The van der Waals surface area contributed by atoms with E-state index in [1.807, 2.05) is 36.4 Å². The number of rotatable bonds is 9. The second kappa shape index (κ2) is 12.1. The zero-order valence-corrected chi connectivity index (χ0v) is 19.7. The van der Waals surface area contributed by atoms with Crippen LogP contribution in [0.3, 0.4) is 0 Å². The van der Waals surface area contributed by atoms with Gasteiger partial charge < -0.3 is 25.8 Å². The second-order valence-electron chi connectivity index (χ2n) is 8.22. The van der Waals surface area contributed by atoms with Crippen LogP contribution in [0.2, 0.25) is 0 Å². The Balaban J connectivity index is 1.90. The van der Waals surface area contributed by atoms with E-state index in [-0.39, 0.29) is 25.3 Å². The van der Waals surface area contributed by atoms with Crippen LogP contribution in [0.4, 0.5) is 4.79 Å². The number of imide groups is 1. The molecule has 0 saturated carbocycles. The van der Waals surface area contributed by atoms with Crippen molar-refractivity contribution < 1.29 is 28.7 Å².